The molecule has 4 nitrogen and oxygen atoms in total. The predicted molar refractivity (Wildman–Crippen MR) is 75.5 cm³/mol. The van der Waals surface area contributed by atoms with Gasteiger partial charge in [0.1, 0.15) is 11.6 Å². The van der Waals surface area contributed by atoms with Gasteiger partial charge in [-0.25, -0.2) is 4.79 Å². The molecular formula is C15H16N2O2. The highest BCUT2D eigenvalue weighted by Crippen LogP contribution is 2.13. The van der Waals surface area contributed by atoms with E-state index in [1.807, 2.05) is 49.3 Å². The van der Waals surface area contributed by atoms with Crippen LogP contribution in [0.3, 0.4) is 0 Å². The van der Waals surface area contributed by atoms with Gasteiger partial charge in [-0.15, -0.1) is 0 Å². The van der Waals surface area contributed by atoms with Crippen LogP contribution in [0.25, 0.3) is 6.08 Å². The summed E-state index contributed by atoms with van der Waals surface area (Å²) in [5, 5.41) is 8.76. The van der Waals surface area contributed by atoms with E-state index in [4.69, 9.17) is 5.26 Å². The maximum atomic E-state index is 11.2. The molecule has 1 aromatic carbocycles. The summed E-state index contributed by atoms with van der Waals surface area (Å²) in [5.41, 5.74) is 2.08. The average molecular weight is 256 g/mol. The van der Waals surface area contributed by atoms with Gasteiger partial charge in [-0.2, -0.15) is 5.26 Å². The van der Waals surface area contributed by atoms with Crippen LogP contribution in [0.1, 0.15) is 5.56 Å². The molecule has 1 aromatic rings. The average Bonchev–Trinajstić information content (AvgIpc) is 2.43. The quantitative estimate of drug-likeness (QED) is 0.359. The van der Waals surface area contributed by atoms with Crippen molar-refractivity contribution in [3.05, 3.63) is 47.6 Å². The van der Waals surface area contributed by atoms with E-state index < -0.39 is 5.97 Å². The third-order valence-electron chi connectivity index (χ3n) is 2.49. The number of carbonyl (C=O) groups is 1. The first-order valence-corrected chi connectivity index (χ1v) is 5.72. The molecule has 1 rings (SSSR count). The molecule has 0 atom stereocenters. The van der Waals surface area contributed by atoms with Gasteiger partial charge in [0.2, 0.25) is 0 Å². The molecule has 0 fully saturated rings. The number of benzene rings is 1. The number of nitrogens with zero attached hydrogens (tertiary/aromatic N) is 2. The van der Waals surface area contributed by atoms with Gasteiger partial charge in [-0.1, -0.05) is 24.3 Å². The Morgan fingerprint density at radius 1 is 1.32 bits per heavy atom. The Bertz CT molecular complexity index is 534. The number of rotatable bonds is 4. The first-order chi connectivity index (χ1) is 9.08. The van der Waals surface area contributed by atoms with Gasteiger partial charge >= 0.3 is 5.97 Å². The number of anilines is 1. The summed E-state index contributed by atoms with van der Waals surface area (Å²) in [6.45, 7) is 0. The van der Waals surface area contributed by atoms with Crippen molar-refractivity contribution in [3.63, 3.8) is 0 Å². The van der Waals surface area contributed by atoms with Crippen LogP contribution in [0.4, 0.5) is 5.69 Å². The van der Waals surface area contributed by atoms with E-state index in [1.165, 1.54) is 13.2 Å². The molecule has 0 N–H and O–H groups in total. The highest BCUT2D eigenvalue weighted by Gasteiger charge is 2.05. The Hall–Kier alpha value is -2.54. The first-order valence-electron chi connectivity index (χ1n) is 5.72. The second kappa shape index (κ2) is 7.02. The van der Waals surface area contributed by atoms with Crippen molar-refractivity contribution in [1.82, 2.24) is 0 Å². The lowest BCUT2D eigenvalue weighted by Gasteiger charge is -2.11. The summed E-state index contributed by atoms with van der Waals surface area (Å²) in [6, 6.07) is 9.71. The van der Waals surface area contributed by atoms with Gasteiger partial charge in [0.25, 0.3) is 0 Å². The van der Waals surface area contributed by atoms with Gasteiger partial charge < -0.3 is 9.64 Å². The molecule has 0 bridgehead atoms. The van der Waals surface area contributed by atoms with Gasteiger partial charge in [-0.05, 0) is 23.8 Å². The zero-order valence-electron chi connectivity index (χ0n) is 11.3. The number of hydrogen-bond acceptors (Lipinski definition) is 4. The van der Waals surface area contributed by atoms with Gasteiger partial charge in [0.15, 0.2) is 0 Å². The van der Waals surface area contributed by atoms with E-state index >= 15 is 0 Å². The minimum absolute atomic E-state index is 0.0244. The number of esters is 1. The van der Waals surface area contributed by atoms with Crippen molar-refractivity contribution in [3.8, 4) is 6.07 Å². The van der Waals surface area contributed by atoms with Crippen LogP contribution in [-0.2, 0) is 9.53 Å². The third-order valence-corrected chi connectivity index (χ3v) is 2.49. The van der Waals surface area contributed by atoms with Gasteiger partial charge in [-0.3, -0.25) is 0 Å². The monoisotopic (exact) mass is 256 g/mol. The van der Waals surface area contributed by atoms with Crippen molar-refractivity contribution in [2.45, 2.75) is 0 Å². The summed E-state index contributed by atoms with van der Waals surface area (Å²) >= 11 is 0. The Labute approximate surface area is 113 Å². The summed E-state index contributed by atoms with van der Waals surface area (Å²) in [5.74, 6) is -0.630. The van der Waals surface area contributed by atoms with Gasteiger partial charge in [0, 0.05) is 19.8 Å². The Morgan fingerprint density at radius 2 is 1.95 bits per heavy atom. The molecule has 0 heterocycles. The lowest BCUT2D eigenvalue weighted by Crippen LogP contribution is -2.07. The number of methoxy groups -OCH3 is 1. The molecule has 0 amide bonds. The molecule has 0 aliphatic carbocycles. The summed E-state index contributed by atoms with van der Waals surface area (Å²) in [7, 11) is 5.20. The maximum Gasteiger partial charge on any atom is 0.348 e. The second-order valence-electron chi connectivity index (χ2n) is 4.03. The van der Waals surface area contributed by atoms with Crippen molar-refractivity contribution < 1.29 is 9.53 Å². The fourth-order valence-corrected chi connectivity index (χ4v) is 1.40. The predicted octanol–water partition coefficient (Wildman–Crippen LogP) is 2.39. The van der Waals surface area contributed by atoms with Crippen LogP contribution < -0.4 is 4.90 Å². The minimum Gasteiger partial charge on any atom is -0.465 e. The van der Waals surface area contributed by atoms with Crippen molar-refractivity contribution in [2.24, 2.45) is 0 Å². The third kappa shape index (κ3) is 4.32. The first kappa shape index (κ1) is 14.5. The molecule has 0 aliphatic rings. The molecule has 19 heavy (non-hydrogen) atoms. The molecule has 0 aromatic heterocycles. The molecular weight excluding hydrogens is 240 g/mol. The number of allylic oxidation sites excluding steroid dienone is 2. The molecule has 0 spiro atoms. The molecule has 4 heteroatoms. The molecule has 0 aliphatic heterocycles. The Morgan fingerprint density at radius 3 is 2.42 bits per heavy atom. The smallest absolute Gasteiger partial charge is 0.348 e. The van der Waals surface area contributed by atoms with Crippen LogP contribution in [0.2, 0.25) is 0 Å². The van der Waals surface area contributed by atoms with Gasteiger partial charge in [0.05, 0.1) is 7.11 Å². The molecule has 0 saturated heterocycles. The van der Waals surface area contributed by atoms with E-state index in [9.17, 15) is 4.79 Å². The van der Waals surface area contributed by atoms with E-state index in [0.29, 0.717) is 0 Å². The lowest BCUT2D eigenvalue weighted by atomic mass is 10.1. The molecule has 98 valence electrons. The SMILES string of the molecule is COC(=O)/C(C#N)=C/C=C/c1ccc(N(C)C)cc1. The zero-order valence-corrected chi connectivity index (χ0v) is 11.3. The van der Waals surface area contributed by atoms with E-state index in [1.54, 1.807) is 12.1 Å². The summed E-state index contributed by atoms with van der Waals surface area (Å²) in [6.07, 6.45) is 4.91. The molecule has 0 radical (unpaired) electrons. The van der Waals surface area contributed by atoms with Crippen LogP contribution in [0, 0.1) is 11.3 Å². The molecule has 0 unspecified atom stereocenters. The van der Waals surface area contributed by atoms with E-state index in [0.717, 1.165) is 11.3 Å². The topological polar surface area (TPSA) is 53.3 Å². The van der Waals surface area contributed by atoms with Crippen molar-refractivity contribution in [1.29, 1.82) is 5.26 Å². The number of hydrogen-bond donors (Lipinski definition) is 0. The van der Waals surface area contributed by atoms with Crippen molar-refractivity contribution >= 4 is 17.7 Å². The maximum absolute atomic E-state index is 11.2. The zero-order chi connectivity index (χ0) is 14.3. The highest BCUT2D eigenvalue weighted by molar-refractivity contribution is 5.93. The molecule has 0 saturated carbocycles. The largest absolute Gasteiger partial charge is 0.465 e. The number of carbonyl (C=O) groups excluding carboxylic acids is 1. The van der Waals surface area contributed by atoms with Crippen LogP contribution in [0.15, 0.2) is 42.0 Å². The van der Waals surface area contributed by atoms with E-state index in [-0.39, 0.29) is 5.57 Å². The second-order valence-corrected chi connectivity index (χ2v) is 4.03. The summed E-state index contributed by atoms with van der Waals surface area (Å²) in [4.78, 5) is 13.2. The van der Waals surface area contributed by atoms with Crippen LogP contribution in [-0.4, -0.2) is 27.2 Å². The Balaban J connectivity index is 2.79. The fraction of sp³-hybridized carbons (Fsp3) is 0.200. The number of nitriles is 1. The van der Waals surface area contributed by atoms with E-state index in [2.05, 4.69) is 4.74 Å². The number of ether oxygens (including phenoxy) is 1. The van der Waals surface area contributed by atoms with Crippen LogP contribution in [0.5, 0.6) is 0 Å². The van der Waals surface area contributed by atoms with Crippen molar-refractivity contribution in [2.75, 3.05) is 26.1 Å². The lowest BCUT2D eigenvalue weighted by molar-refractivity contribution is -0.135. The minimum atomic E-state index is -0.630. The normalized spacial score (nSPS) is 11.2. The standard InChI is InChI=1S/C15H16N2O2/c1-17(2)14-9-7-12(8-10-14)5-4-6-13(11-16)15(18)19-3/h4-10H,1-3H3/b5-4+,13-6+. The highest BCUT2D eigenvalue weighted by atomic mass is 16.5. The summed E-state index contributed by atoms with van der Waals surface area (Å²) < 4.78 is 4.48. The van der Waals surface area contributed by atoms with Crippen LogP contribution >= 0.6 is 0 Å². The fourth-order valence-electron chi connectivity index (χ4n) is 1.40. The Kier molecular flexibility index (Phi) is 5.36.